The first-order valence-corrected chi connectivity index (χ1v) is 35.0. The normalized spacial score (nSPS) is 16.9. The summed E-state index contributed by atoms with van der Waals surface area (Å²) in [6.07, 6.45) is 44.0. The number of ether oxygens (including phenoxy) is 2. The van der Waals surface area contributed by atoms with Crippen LogP contribution in [0.4, 0.5) is 0 Å². The van der Waals surface area contributed by atoms with Crippen LogP contribution in [0.2, 0.25) is 0 Å². The summed E-state index contributed by atoms with van der Waals surface area (Å²) in [6, 6.07) is 0. The Bertz CT molecular complexity index is 1170. The van der Waals surface area contributed by atoms with Gasteiger partial charge in [0.15, 0.2) is 0 Å². The van der Waals surface area contributed by atoms with E-state index in [0.29, 0.717) is 39.4 Å². The zero-order chi connectivity index (χ0) is 56.9. The van der Waals surface area contributed by atoms with Gasteiger partial charge in [-0.3, -0.25) is 24.5 Å². The van der Waals surface area contributed by atoms with E-state index < -0.39 is 0 Å². The van der Waals surface area contributed by atoms with Crippen molar-refractivity contribution < 1.29 is 29.9 Å². The molecule has 2 rings (SSSR count). The molecule has 472 valence electrons. The quantitative estimate of drug-likeness (QED) is 0.0434. The molecule has 0 bridgehead atoms. The first-order chi connectivity index (χ1) is 38.8. The van der Waals surface area contributed by atoms with Gasteiger partial charge < -0.3 is 34.8 Å². The lowest BCUT2D eigenvalue weighted by atomic mass is 10.0. The van der Waals surface area contributed by atoms with Crippen LogP contribution in [0.15, 0.2) is 0 Å². The number of nitrogens with zero attached hydrogens (tertiary/aromatic N) is 6. The van der Waals surface area contributed by atoms with Gasteiger partial charge in [0.1, 0.15) is 0 Å². The highest BCUT2D eigenvalue weighted by Gasteiger charge is 2.22. The summed E-state index contributed by atoms with van der Waals surface area (Å²) in [7, 11) is 0. The molecular weight excluding hydrogens is 985 g/mol. The molecule has 12 heteroatoms. The van der Waals surface area contributed by atoms with Gasteiger partial charge in [-0.05, 0) is 32.1 Å². The molecule has 2 aliphatic rings. The molecule has 0 aromatic heterocycles. The zero-order valence-electron chi connectivity index (χ0n) is 53.3. The predicted molar refractivity (Wildman–Crippen MR) is 338 cm³/mol. The average molecular weight is 1120 g/mol. The maximum absolute atomic E-state index is 11.0. The van der Waals surface area contributed by atoms with Crippen molar-refractivity contribution in [3.8, 4) is 0 Å². The topological polar surface area (TPSA) is 119 Å². The Hall–Kier alpha value is -0.480. The van der Waals surface area contributed by atoms with Crippen LogP contribution in [0.25, 0.3) is 0 Å². The van der Waals surface area contributed by atoms with Crippen molar-refractivity contribution in [3.63, 3.8) is 0 Å². The standard InChI is InChI=1S/C67H138N6O6/c1-5-9-13-17-21-25-29-33-38-64(74)60-72(61-65(75)39-34-30-26-22-18-14-10-6-2)54-58-78-56-37-42-68-43-45-69(46-44-68)47-48-70-49-51-71(52-50-70)53-57-79-59-55-73(62-66(76)40-35-31-27-23-19-15-11-7-3)63-67(77)41-36-32-28-24-20-16-12-8-4/h64-67,74-77H,5-63H2,1-4H3. The molecule has 12 nitrogen and oxygen atoms in total. The SMILES string of the molecule is CCCCCCCCCCC(O)CN(CCOCCCN1CCN(CCN2CCN(CCOCCN(CC(O)CCCCCCCCCC)CC(O)CCCCCCCCCC)CC2)CC1)CC(O)CCCCCCCCCC. The summed E-state index contributed by atoms with van der Waals surface area (Å²) in [5.74, 6) is 0. The Balaban J connectivity index is 1.61. The lowest BCUT2D eigenvalue weighted by Crippen LogP contribution is -2.51. The van der Waals surface area contributed by atoms with E-state index in [-0.39, 0.29) is 24.4 Å². The van der Waals surface area contributed by atoms with Gasteiger partial charge in [0.2, 0.25) is 0 Å². The third-order valence-corrected chi connectivity index (χ3v) is 17.5. The van der Waals surface area contributed by atoms with E-state index in [0.717, 1.165) is 163 Å². The summed E-state index contributed by atoms with van der Waals surface area (Å²) < 4.78 is 12.4. The lowest BCUT2D eigenvalue weighted by molar-refractivity contribution is 0.0296. The van der Waals surface area contributed by atoms with Crippen LogP contribution in [-0.2, 0) is 9.47 Å². The molecule has 0 amide bonds. The van der Waals surface area contributed by atoms with E-state index in [2.05, 4.69) is 57.1 Å². The zero-order valence-corrected chi connectivity index (χ0v) is 53.3. The van der Waals surface area contributed by atoms with Crippen LogP contribution < -0.4 is 0 Å². The molecule has 0 radical (unpaired) electrons. The summed E-state index contributed by atoms with van der Waals surface area (Å²) >= 11 is 0. The smallest absolute Gasteiger partial charge is 0.0667 e. The van der Waals surface area contributed by atoms with E-state index in [9.17, 15) is 20.4 Å². The molecule has 4 unspecified atom stereocenters. The third-order valence-electron chi connectivity index (χ3n) is 17.5. The fraction of sp³-hybridized carbons (Fsp3) is 1.00. The van der Waals surface area contributed by atoms with Crippen LogP contribution in [0.3, 0.4) is 0 Å². The summed E-state index contributed by atoms with van der Waals surface area (Å²) in [4.78, 5) is 15.0. The Morgan fingerprint density at radius 2 is 0.519 bits per heavy atom. The minimum Gasteiger partial charge on any atom is -0.392 e. The molecule has 2 saturated heterocycles. The number of rotatable bonds is 60. The second-order valence-electron chi connectivity index (χ2n) is 25.1. The molecule has 4 atom stereocenters. The summed E-state index contributed by atoms with van der Waals surface area (Å²) in [5.41, 5.74) is 0. The van der Waals surface area contributed by atoms with Crippen LogP contribution in [0, 0.1) is 0 Å². The lowest BCUT2D eigenvalue weighted by Gasteiger charge is -2.38. The molecule has 0 saturated carbocycles. The molecule has 2 aliphatic heterocycles. The molecule has 4 N–H and O–H groups in total. The minimum absolute atomic E-state index is 0.340. The maximum Gasteiger partial charge on any atom is 0.0667 e. The predicted octanol–water partition coefficient (Wildman–Crippen LogP) is 12.8. The fourth-order valence-electron chi connectivity index (χ4n) is 12.1. The van der Waals surface area contributed by atoms with Crippen molar-refractivity contribution in [2.45, 2.75) is 290 Å². The fourth-order valence-corrected chi connectivity index (χ4v) is 12.1. The van der Waals surface area contributed by atoms with Gasteiger partial charge in [-0.25, -0.2) is 0 Å². The van der Waals surface area contributed by atoms with Crippen LogP contribution in [-0.4, -0.2) is 218 Å². The molecular formula is C67H138N6O6. The van der Waals surface area contributed by atoms with Gasteiger partial charge in [0, 0.05) is 124 Å². The number of aliphatic hydroxyl groups is 4. The van der Waals surface area contributed by atoms with Crippen molar-refractivity contribution in [3.05, 3.63) is 0 Å². The molecule has 0 spiro atoms. The van der Waals surface area contributed by atoms with Crippen LogP contribution in [0.1, 0.15) is 265 Å². The number of hydrogen-bond donors (Lipinski definition) is 4. The second kappa shape index (κ2) is 55.4. The van der Waals surface area contributed by atoms with Gasteiger partial charge in [-0.1, -0.05) is 233 Å². The van der Waals surface area contributed by atoms with E-state index >= 15 is 0 Å². The van der Waals surface area contributed by atoms with Crippen molar-refractivity contribution in [1.29, 1.82) is 0 Å². The monoisotopic (exact) mass is 1120 g/mol. The highest BCUT2D eigenvalue weighted by Crippen LogP contribution is 2.17. The highest BCUT2D eigenvalue weighted by atomic mass is 16.5. The average Bonchev–Trinajstić information content (AvgIpc) is 3.44. The second-order valence-corrected chi connectivity index (χ2v) is 25.1. The Kier molecular flexibility index (Phi) is 52.3. The van der Waals surface area contributed by atoms with E-state index in [1.165, 1.54) is 180 Å². The van der Waals surface area contributed by atoms with E-state index in [1.807, 2.05) is 0 Å². The van der Waals surface area contributed by atoms with E-state index in [4.69, 9.17) is 9.47 Å². The molecule has 0 aliphatic carbocycles. The Morgan fingerprint density at radius 1 is 0.278 bits per heavy atom. The van der Waals surface area contributed by atoms with Gasteiger partial charge in [-0.2, -0.15) is 0 Å². The number of aliphatic hydroxyl groups excluding tert-OH is 4. The third kappa shape index (κ3) is 46.5. The summed E-state index contributed by atoms with van der Waals surface area (Å²) in [5, 5.41) is 44.1. The van der Waals surface area contributed by atoms with Gasteiger partial charge in [-0.15, -0.1) is 0 Å². The van der Waals surface area contributed by atoms with Gasteiger partial charge in [0.05, 0.1) is 44.2 Å². The highest BCUT2D eigenvalue weighted by molar-refractivity contribution is 4.77. The van der Waals surface area contributed by atoms with Crippen molar-refractivity contribution in [2.75, 3.05) is 144 Å². The molecule has 2 fully saturated rings. The van der Waals surface area contributed by atoms with Crippen molar-refractivity contribution in [2.24, 2.45) is 0 Å². The molecule has 0 aromatic carbocycles. The van der Waals surface area contributed by atoms with Crippen molar-refractivity contribution >= 4 is 0 Å². The first-order valence-electron chi connectivity index (χ1n) is 35.0. The maximum atomic E-state index is 11.0. The Labute approximate surface area is 491 Å². The molecule has 0 aromatic rings. The van der Waals surface area contributed by atoms with Gasteiger partial charge in [0.25, 0.3) is 0 Å². The van der Waals surface area contributed by atoms with Crippen LogP contribution >= 0.6 is 0 Å². The number of hydrogen-bond acceptors (Lipinski definition) is 12. The minimum atomic E-state index is -0.343. The van der Waals surface area contributed by atoms with Crippen molar-refractivity contribution in [1.82, 2.24) is 29.4 Å². The largest absolute Gasteiger partial charge is 0.392 e. The van der Waals surface area contributed by atoms with E-state index in [1.54, 1.807) is 0 Å². The number of unbranched alkanes of at least 4 members (excludes halogenated alkanes) is 28. The molecule has 2 heterocycles. The Morgan fingerprint density at radius 3 is 0.810 bits per heavy atom. The number of piperazine rings is 2. The van der Waals surface area contributed by atoms with Crippen LogP contribution in [0.5, 0.6) is 0 Å². The van der Waals surface area contributed by atoms with Gasteiger partial charge >= 0.3 is 0 Å². The summed E-state index contributed by atoms with van der Waals surface area (Å²) in [6.45, 7) is 29.3. The molecule has 79 heavy (non-hydrogen) atoms. The first kappa shape index (κ1) is 74.6.